The highest BCUT2D eigenvalue weighted by Gasteiger charge is 2.47. The highest BCUT2D eigenvalue weighted by molar-refractivity contribution is 6.11. The first-order chi connectivity index (χ1) is 8.48. The zero-order valence-electron chi connectivity index (χ0n) is 8.93. The van der Waals surface area contributed by atoms with Crippen LogP contribution in [-0.2, 0) is 4.79 Å². The molecule has 0 aromatic heterocycles. The number of hydrogen-bond acceptors (Lipinski definition) is 5. The lowest BCUT2D eigenvalue weighted by molar-refractivity contribution is -0.145. The van der Waals surface area contributed by atoms with Crippen LogP contribution in [0.5, 0.6) is 11.5 Å². The fourth-order valence-electron chi connectivity index (χ4n) is 1.87. The lowest BCUT2D eigenvalue weighted by Crippen LogP contribution is -2.65. The number of rotatable bonds is 0. The van der Waals surface area contributed by atoms with Crippen molar-refractivity contribution in [3.63, 3.8) is 0 Å². The van der Waals surface area contributed by atoms with Crippen LogP contribution in [0.25, 0.3) is 6.08 Å². The average Bonchev–Trinajstić information content (AvgIpc) is 2.25. The van der Waals surface area contributed by atoms with Crippen LogP contribution in [0.2, 0.25) is 0 Å². The van der Waals surface area contributed by atoms with Crippen molar-refractivity contribution in [1.82, 2.24) is 10.6 Å². The number of urea groups is 1. The van der Waals surface area contributed by atoms with E-state index >= 15 is 0 Å². The fraction of sp³-hybridized carbons (Fsp3) is 0.0909. The fourth-order valence-corrected chi connectivity index (χ4v) is 1.87. The van der Waals surface area contributed by atoms with E-state index in [9.17, 15) is 19.8 Å². The van der Waals surface area contributed by atoms with Crippen molar-refractivity contribution in [2.45, 2.75) is 5.91 Å². The molecule has 7 heteroatoms. The second-order valence-electron chi connectivity index (χ2n) is 3.93. The number of amides is 3. The van der Waals surface area contributed by atoms with E-state index in [0.29, 0.717) is 5.56 Å². The van der Waals surface area contributed by atoms with Crippen LogP contribution in [0.15, 0.2) is 23.8 Å². The third kappa shape index (κ3) is 1.41. The second kappa shape index (κ2) is 3.23. The number of aromatic hydroxyl groups is 1. The summed E-state index contributed by atoms with van der Waals surface area (Å²) in [5.74, 6) is -2.84. The zero-order chi connectivity index (χ0) is 12.9. The molecule has 3 amide bonds. The Labute approximate surface area is 101 Å². The number of hydrogen-bond donors (Lipinski definition) is 4. The van der Waals surface area contributed by atoms with Crippen molar-refractivity contribution in [2.75, 3.05) is 0 Å². The molecule has 3 rings (SSSR count). The van der Waals surface area contributed by atoms with Crippen molar-refractivity contribution in [3.05, 3.63) is 29.3 Å². The van der Waals surface area contributed by atoms with Gasteiger partial charge in [-0.15, -0.1) is 0 Å². The topological polar surface area (TPSA) is 108 Å². The lowest BCUT2D eigenvalue weighted by Gasteiger charge is -2.37. The highest BCUT2D eigenvalue weighted by atomic mass is 16.6. The van der Waals surface area contributed by atoms with E-state index in [1.807, 2.05) is 5.32 Å². The van der Waals surface area contributed by atoms with Crippen LogP contribution in [-0.4, -0.2) is 28.1 Å². The Kier molecular flexibility index (Phi) is 1.91. The zero-order valence-corrected chi connectivity index (χ0v) is 8.93. The summed E-state index contributed by atoms with van der Waals surface area (Å²) in [6.07, 6.45) is 1.38. The summed E-state index contributed by atoms with van der Waals surface area (Å²) in [6, 6.07) is 3.37. The van der Waals surface area contributed by atoms with Gasteiger partial charge in [0.2, 0.25) is 0 Å². The van der Waals surface area contributed by atoms with E-state index in [4.69, 9.17) is 4.74 Å². The van der Waals surface area contributed by atoms with E-state index in [-0.39, 0.29) is 17.1 Å². The normalized spacial score (nSPS) is 25.1. The van der Waals surface area contributed by atoms with Gasteiger partial charge in [0.05, 0.1) is 0 Å². The number of aliphatic hydroxyl groups is 1. The van der Waals surface area contributed by atoms with E-state index in [0.717, 1.165) is 0 Å². The molecule has 0 aliphatic carbocycles. The predicted octanol–water partition coefficient (Wildman–Crippen LogP) is -0.347. The SMILES string of the molecule is O=C1NC(=O)C2=Cc3ccc(O)cc3O[C@@]2(O)N1. The van der Waals surface area contributed by atoms with Gasteiger partial charge < -0.3 is 14.9 Å². The number of carbonyl (C=O) groups is 2. The van der Waals surface area contributed by atoms with Crippen LogP contribution < -0.4 is 15.4 Å². The molecule has 2 aliphatic heterocycles. The Morgan fingerprint density at radius 1 is 1.28 bits per heavy atom. The number of carbonyl (C=O) groups excluding carboxylic acids is 2. The summed E-state index contributed by atoms with van der Waals surface area (Å²) in [7, 11) is 0. The number of ether oxygens (including phenoxy) is 1. The third-order valence-corrected chi connectivity index (χ3v) is 2.67. The van der Waals surface area contributed by atoms with E-state index < -0.39 is 17.8 Å². The van der Waals surface area contributed by atoms with Gasteiger partial charge >= 0.3 is 11.9 Å². The van der Waals surface area contributed by atoms with E-state index in [1.54, 1.807) is 0 Å². The van der Waals surface area contributed by atoms with Gasteiger partial charge in [-0.2, -0.15) is 0 Å². The molecule has 2 aliphatic rings. The number of nitrogens with one attached hydrogen (secondary N) is 2. The molecule has 18 heavy (non-hydrogen) atoms. The maximum atomic E-state index is 11.6. The molecule has 0 unspecified atom stereocenters. The van der Waals surface area contributed by atoms with Gasteiger partial charge in [0.15, 0.2) is 0 Å². The summed E-state index contributed by atoms with van der Waals surface area (Å²) < 4.78 is 5.18. The van der Waals surface area contributed by atoms with Gasteiger partial charge in [-0.05, 0) is 18.2 Å². The van der Waals surface area contributed by atoms with Gasteiger partial charge in [-0.3, -0.25) is 15.4 Å². The average molecular weight is 248 g/mol. The molecule has 1 saturated heterocycles. The molecule has 0 saturated carbocycles. The molecule has 2 heterocycles. The molecule has 1 fully saturated rings. The summed E-state index contributed by atoms with van der Waals surface area (Å²) in [5, 5.41) is 23.5. The van der Waals surface area contributed by atoms with E-state index in [2.05, 4.69) is 5.32 Å². The maximum absolute atomic E-state index is 11.6. The molecule has 1 aromatic carbocycles. The second-order valence-corrected chi connectivity index (χ2v) is 3.93. The van der Waals surface area contributed by atoms with Crippen LogP contribution >= 0.6 is 0 Å². The Bertz CT molecular complexity index is 609. The van der Waals surface area contributed by atoms with Crippen LogP contribution in [0, 0.1) is 0 Å². The predicted molar refractivity (Wildman–Crippen MR) is 58.3 cm³/mol. The summed E-state index contributed by atoms with van der Waals surface area (Å²) in [6.45, 7) is 0. The Balaban J connectivity index is 2.15. The van der Waals surface area contributed by atoms with Crippen molar-refractivity contribution in [3.8, 4) is 11.5 Å². The smallest absolute Gasteiger partial charge is 0.327 e. The van der Waals surface area contributed by atoms with Gasteiger partial charge in [0.25, 0.3) is 5.91 Å². The van der Waals surface area contributed by atoms with Crippen LogP contribution in [0.1, 0.15) is 5.56 Å². The minimum absolute atomic E-state index is 0.0548. The summed E-state index contributed by atoms with van der Waals surface area (Å²) >= 11 is 0. The van der Waals surface area contributed by atoms with E-state index in [1.165, 1.54) is 24.3 Å². The van der Waals surface area contributed by atoms with Gasteiger partial charge in [0.1, 0.15) is 17.1 Å². The lowest BCUT2D eigenvalue weighted by atomic mass is 10.0. The van der Waals surface area contributed by atoms with Gasteiger partial charge in [-0.1, -0.05) is 0 Å². The summed E-state index contributed by atoms with van der Waals surface area (Å²) in [4.78, 5) is 22.7. The third-order valence-electron chi connectivity index (χ3n) is 2.67. The molecule has 4 N–H and O–H groups in total. The number of phenols is 1. The number of benzene rings is 1. The molecule has 0 spiro atoms. The molecular formula is C11H8N2O5. The summed E-state index contributed by atoms with van der Waals surface area (Å²) in [5.41, 5.74) is 0.388. The first kappa shape index (κ1) is 10.6. The first-order valence-electron chi connectivity index (χ1n) is 5.08. The molecular weight excluding hydrogens is 240 g/mol. The van der Waals surface area contributed by atoms with Gasteiger partial charge in [-0.25, -0.2) is 4.79 Å². The monoisotopic (exact) mass is 248 g/mol. The highest BCUT2D eigenvalue weighted by Crippen LogP contribution is 2.36. The van der Waals surface area contributed by atoms with Crippen molar-refractivity contribution in [2.24, 2.45) is 0 Å². The number of fused-ring (bicyclic) bond motifs is 2. The molecule has 0 radical (unpaired) electrons. The minimum atomic E-state index is -2.21. The Morgan fingerprint density at radius 2 is 2.06 bits per heavy atom. The van der Waals surface area contributed by atoms with Crippen molar-refractivity contribution >= 4 is 18.0 Å². The van der Waals surface area contributed by atoms with Crippen LogP contribution in [0.3, 0.4) is 0 Å². The molecule has 7 nitrogen and oxygen atoms in total. The number of phenolic OH excluding ortho intramolecular Hbond substituents is 1. The minimum Gasteiger partial charge on any atom is -0.508 e. The first-order valence-corrected chi connectivity index (χ1v) is 5.08. The quantitative estimate of drug-likeness (QED) is 0.502. The van der Waals surface area contributed by atoms with Crippen molar-refractivity contribution in [1.29, 1.82) is 0 Å². The number of imide groups is 1. The van der Waals surface area contributed by atoms with Crippen LogP contribution in [0.4, 0.5) is 4.79 Å². The maximum Gasteiger partial charge on any atom is 0.327 e. The molecule has 1 atom stereocenters. The Hall–Kier alpha value is -2.54. The molecule has 0 bridgehead atoms. The molecule has 1 aromatic rings. The molecule has 92 valence electrons. The van der Waals surface area contributed by atoms with Crippen molar-refractivity contribution < 1.29 is 24.5 Å². The Morgan fingerprint density at radius 3 is 2.83 bits per heavy atom. The van der Waals surface area contributed by atoms with Gasteiger partial charge in [0, 0.05) is 11.6 Å². The largest absolute Gasteiger partial charge is 0.508 e. The standard InChI is InChI=1S/C11H8N2O5/c14-6-2-1-5-3-7-9(15)12-10(16)13-11(7,17)18-8(5)4-6/h1-4,14,17H,(H2,12,13,15,16)/t11-/m1/s1.